The van der Waals surface area contributed by atoms with Crippen molar-refractivity contribution in [3.63, 3.8) is 0 Å². The SMILES string of the molecule is CSc1cnc(SC(=O)N(C)CC2=C(C)C(=O)C3=C(C2=O)C2CCC3CC2)s1. The van der Waals surface area contributed by atoms with E-state index in [0.29, 0.717) is 15.5 Å². The minimum absolute atomic E-state index is 0.00920. The van der Waals surface area contributed by atoms with E-state index in [0.717, 1.165) is 52.8 Å². The van der Waals surface area contributed by atoms with E-state index in [4.69, 9.17) is 0 Å². The lowest BCUT2D eigenvalue weighted by atomic mass is 9.61. The van der Waals surface area contributed by atoms with Gasteiger partial charge in [0.15, 0.2) is 15.9 Å². The minimum Gasteiger partial charge on any atom is -0.332 e. The van der Waals surface area contributed by atoms with Crippen LogP contribution in [0.1, 0.15) is 32.6 Å². The molecule has 4 aliphatic rings. The first-order valence-electron chi connectivity index (χ1n) is 9.36. The van der Waals surface area contributed by atoms with Gasteiger partial charge in [-0.3, -0.25) is 14.4 Å². The number of thiazole rings is 1. The molecule has 0 aliphatic heterocycles. The standard InChI is InChI=1S/C20H22N2O3S3/c1-10-13(9-22(2)20(25)28-19-21-8-14(26-3)27-19)18(24)16-12-6-4-11(5-7-12)15(16)17(10)23/h8,11-12H,4-7,9H2,1-3H3. The van der Waals surface area contributed by atoms with E-state index in [2.05, 4.69) is 4.98 Å². The van der Waals surface area contributed by atoms with Crippen molar-refractivity contribution in [2.24, 2.45) is 11.8 Å². The van der Waals surface area contributed by atoms with Gasteiger partial charge in [-0.2, -0.15) is 0 Å². The van der Waals surface area contributed by atoms with Crippen molar-refractivity contribution in [3.8, 4) is 0 Å². The van der Waals surface area contributed by atoms with Crippen molar-refractivity contribution in [1.29, 1.82) is 0 Å². The first kappa shape index (κ1) is 19.9. The van der Waals surface area contributed by atoms with Gasteiger partial charge in [0, 0.05) is 41.1 Å². The summed E-state index contributed by atoms with van der Waals surface area (Å²) in [5.74, 6) is 0.482. The van der Waals surface area contributed by atoms with Gasteiger partial charge in [0.05, 0.1) is 17.0 Å². The third-order valence-corrected chi connectivity index (χ3v) is 9.05. The fraction of sp³-hybridized carbons (Fsp3) is 0.500. The van der Waals surface area contributed by atoms with Crippen molar-refractivity contribution in [2.75, 3.05) is 19.8 Å². The molecule has 8 heteroatoms. The van der Waals surface area contributed by atoms with Crippen molar-refractivity contribution < 1.29 is 14.4 Å². The second kappa shape index (κ2) is 7.80. The number of fused-ring (bicyclic) bond motifs is 2. The molecule has 1 saturated carbocycles. The number of aromatic nitrogens is 1. The molecule has 2 bridgehead atoms. The van der Waals surface area contributed by atoms with Crippen LogP contribution in [-0.2, 0) is 9.59 Å². The lowest BCUT2D eigenvalue weighted by Crippen LogP contribution is -2.40. The number of thioether (sulfide) groups is 2. The van der Waals surface area contributed by atoms with Crippen LogP contribution in [0, 0.1) is 11.8 Å². The van der Waals surface area contributed by atoms with E-state index >= 15 is 0 Å². The molecule has 1 amide bonds. The summed E-state index contributed by atoms with van der Waals surface area (Å²) in [6.07, 6.45) is 7.77. The maximum Gasteiger partial charge on any atom is 0.288 e. The van der Waals surface area contributed by atoms with Crippen molar-refractivity contribution in [2.45, 2.75) is 41.2 Å². The predicted molar refractivity (Wildman–Crippen MR) is 113 cm³/mol. The third kappa shape index (κ3) is 3.39. The topological polar surface area (TPSA) is 67.3 Å². The van der Waals surface area contributed by atoms with Crippen LogP contribution in [0.4, 0.5) is 4.79 Å². The summed E-state index contributed by atoms with van der Waals surface area (Å²) in [5, 5.41) is -0.174. The van der Waals surface area contributed by atoms with Crippen molar-refractivity contribution >= 4 is 51.7 Å². The van der Waals surface area contributed by atoms with E-state index in [1.807, 2.05) is 6.26 Å². The van der Waals surface area contributed by atoms with Crippen LogP contribution in [0.5, 0.6) is 0 Å². The Morgan fingerprint density at radius 2 is 1.79 bits per heavy atom. The molecule has 0 aromatic carbocycles. The number of rotatable bonds is 4. The van der Waals surface area contributed by atoms with Crippen LogP contribution in [0.15, 0.2) is 37.0 Å². The molecule has 0 radical (unpaired) electrons. The van der Waals surface area contributed by atoms with Crippen molar-refractivity contribution in [1.82, 2.24) is 9.88 Å². The Morgan fingerprint density at radius 1 is 1.18 bits per heavy atom. The Hall–Kier alpha value is -1.38. The maximum absolute atomic E-state index is 13.2. The third-order valence-electron chi connectivity index (χ3n) is 5.94. The largest absolute Gasteiger partial charge is 0.332 e. The Bertz CT molecular complexity index is 923. The Balaban J connectivity index is 1.51. The molecular weight excluding hydrogens is 412 g/mol. The molecule has 1 aromatic rings. The number of likely N-dealkylation sites (N-methyl/N-ethyl adjacent to an activating group) is 1. The van der Waals surface area contributed by atoms with Gasteiger partial charge >= 0.3 is 0 Å². The molecule has 0 spiro atoms. The quantitative estimate of drug-likeness (QED) is 0.510. The zero-order valence-electron chi connectivity index (χ0n) is 16.1. The molecule has 1 aromatic heterocycles. The number of ketones is 2. The van der Waals surface area contributed by atoms with E-state index in [9.17, 15) is 14.4 Å². The normalized spacial score (nSPS) is 24.1. The van der Waals surface area contributed by atoms with Gasteiger partial charge < -0.3 is 4.90 Å². The summed E-state index contributed by atoms with van der Waals surface area (Å²) in [6, 6.07) is 0. The van der Waals surface area contributed by atoms with Crippen LogP contribution in [0.2, 0.25) is 0 Å². The molecule has 28 heavy (non-hydrogen) atoms. The highest BCUT2D eigenvalue weighted by Gasteiger charge is 2.45. The van der Waals surface area contributed by atoms with Crippen LogP contribution in [0.25, 0.3) is 0 Å². The zero-order chi connectivity index (χ0) is 20.0. The van der Waals surface area contributed by atoms with E-state index in [-0.39, 0.29) is 35.2 Å². The van der Waals surface area contributed by atoms with Gasteiger partial charge in [-0.15, -0.1) is 23.1 Å². The lowest BCUT2D eigenvalue weighted by molar-refractivity contribution is -0.118. The molecule has 5 nitrogen and oxygen atoms in total. The monoisotopic (exact) mass is 434 g/mol. The maximum atomic E-state index is 13.2. The van der Waals surface area contributed by atoms with Gasteiger partial charge in [0.25, 0.3) is 5.24 Å². The highest BCUT2D eigenvalue weighted by molar-refractivity contribution is 8.15. The highest BCUT2D eigenvalue weighted by atomic mass is 32.2. The lowest BCUT2D eigenvalue weighted by Gasteiger charge is -2.41. The number of carbonyl (C=O) groups is 3. The summed E-state index contributed by atoms with van der Waals surface area (Å²) in [5.41, 5.74) is 2.53. The molecule has 4 aliphatic carbocycles. The molecule has 148 valence electrons. The summed E-state index contributed by atoms with van der Waals surface area (Å²) < 4.78 is 1.74. The molecule has 1 fully saturated rings. The summed E-state index contributed by atoms with van der Waals surface area (Å²) in [7, 11) is 1.67. The molecule has 0 atom stereocenters. The number of hydrogen-bond acceptors (Lipinski definition) is 7. The van der Waals surface area contributed by atoms with Crippen LogP contribution in [-0.4, -0.2) is 46.5 Å². The van der Waals surface area contributed by atoms with Crippen LogP contribution < -0.4 is 0 Å². The Kier molecular flexibility index (Phi) is 5.55. The predicted octanol–water partition coefficient (Wildman–Crippen LogP) is 4.59. The van der Waals surface area contributed by atoms with Crippen molar-refractivity contribution in [3.05, 3.63) is 28.5 Å². The fourth-order valence-electron chi connectivity index (χ4n) is 4.43. The minimum atomic E-state index is -0.174. The fourth-order valence-corrected chi connectivity index (χ4v) is 6.82. The van der Waals surface area contributed by atoms with Gasteiger partial charge in [0.1, 0.15) is 0 Å². The summed E-state index contributed by atoms with van der Waals surface area (Å²) >= 11 is 4.13. The Labute approximate surface area is 177 Å². The van der Waals surface area contributed by atoms with Gasteiger partial charge in [-0.25, -0.2) is 4.98 Å². The molecule has 0 saturated heterocycles. The number of Topliss-reactive ketones (excluding diaryl/α,β-unsaturated/α-hetero) is 2. The van der Waals surface area contributed by atoms with E-state index < -0.39 is 0 Å². The number of allylic oxidation sites excluding steroid dienone is 3. The van der Waals surface area contributed by atoms with Gasteiger partial charge in [-0.1, -0.05) is 0 Å². The summed E-state index contributed by atoms with van der Waals surface area (Å²) in [6.45, 7) is 1.90. The van der Waals surface area contributed by atoms with Gasteiger partial charge in [-0.05, 0) is 50.7 Å². The molecule has 0 unspecified atom stereocenters. The zero-order valence-corrected chi connectivity index (χ0v) is 18.6. The van der Waals surface area contributed by atoms with Crippen LogP contribution >= 0.6 is 34.9 Å². The first-order chi connectivity index (χ1) is 13.4. The van der Waals surface area contributed by atoms with E-state index in [1.165, 1.54) is 16.2 Å². The van der Waals surface area contributed by atoms with Gasteiger partial charge in [0.2, 0.25) is 0 Å². The van der Waals surface area contributed by atoms with Crippen LogP contribution in [0.3, 0.4) is 0 Å². The Morgan fingerprint density at radius 3 is 2.36 bits per heavy atom. The average Bonchev–Trinajstić information content (AvgIpc) is 3.17. The second-order valence-electron chi connectivity index (χ2n) is 7.51. The molecular formula is C20H22N2O3S3. The average molecular weight is 435 g/mol. The highest BCUT2D eigenvalue weighted by Crippen LogP contribution is 2.49. The summed E-state index contributed by atoms with van der Waals surface area (Å²) in [4.78, 5) is 44.6. The molecule has 5 rings (SSSR count). The number of hydrogen-bond donors (Lipinski definition) is 0. The first-order valence-corrected chi connectivity index (χ1v) is 12.2. The second-order valence-corrected chi connectivity index (χ2v) is 10.8. The number of amides is 1. The molecule has 1 heterocycles. The number of nitrogens with zero attached hydrogens (tertiary/aromatic N) is 2. The van der Waals surface area contributed by atoms with E-state index in [1.54, 1.807) is 31.9 Å². The smallest absolute Gasteiger partial charge is 0.288 e. The molecule has 0 N–H and O–H groups in total. The number of carbonyl (C=O) groups excluding carboxylic acids is 3.